The van der Waals surface area contributed by atoms with Crippen molar-refractivity contribution in [3.63, 3.8) is 0 Å². The van der Waals surface area contributed by atoms with Crippen LogP contribution in [0.1, 0.15) is 41.0 Å². The first-order chi connectivity index (χ1) is 20.2. The normalized spacial score (nSPS) is 28.4. The third kappa shape index (κ3) is 5.02. The SMILES string of the molecule is CCOc1ccc(NC(=O)[C@@H]2[C@@H]3CC(C)C4(S3)C(C(=O)Nc3ccc(N(CC)CC)cc3)N([C@H](C)CO)C(=O)[C@H]24)cc1. The molecule has 0 radical (unpaired) electrons. The van der Waals surface area contributed by atoms with Crippen molar-refractivity contribution in [2.24, 2.45) is 17.8 Å². The lowest BCUT2D eigenvalue weighted by Gasteiger charge is -2.39. The molecule has 0 aromatic heterocycles. The zero-order chi connectivity index (χ0) is 30.2. The van der Waals surface area contributed by atoms with Crippen LogP contribution in [0, 0.1) is 17.8 Å². The number of hydrogen-bond donors (Lipinski definition) is 3. The number of rotatable bonds is 11. The first-order valence-electron chi connectivity index (χ1n) is 15.0. The van der Waals surface area contributed by atoms with E-state index in [0.717, 1.165) is 30.9 Å². The van der Waals surface area contributed by atoms with Crippen molar-refractivity contribution < 1.29 is 24.2 Å². The highest BCUT2D eigenvalue weighted by atomic mass is 32.2. The first-order valence-corrected chi connectivity index (χ1v) is 15.9. The summed E-state index contributed by atoms with van der Waals surface area (Å²) in [6.07, 6.45) is 0.736. The molecule has 2 aromatic rings. The Morgan fingerprint density at radius 3 is 2.21 bits per heavy atom. The van der Waals surface area contributed by atoms with Gasteiger partial charge in [0.25, 0.3) is 0 Å². The number of hydrogen-bond acceptors (Lipinski definition) is 7. The molecule has 1 spiro atoms. The number of aliphatic hydroxyl groups is 1. The molecule has 5 rings (SSSR count). The summed E-state index contributed by atoms with van der Waals surface area (Å²) in [6.45, 7) is 12.0. The molecule has 3 heterocycles. The summed E-state index contributed by atoms with van der Waals surface area (Å²) in [7, 11) is 0. The van der Waals surface area contributed by atoms with Gasteiger partial charge in [-0.05, 0) is 88.6 Å². The quantitative estimate of drug-likeness (QED) is 0.357. The molecule has 3 fully saturated rings. The van der Waals surface area contributed by atoms with E-state index >= 15 is 0 Å². The van der Waals surface area contributed by atoms with Gasteiger partial charge >= 0.3 is 0 Å². The minimum absolute atomic E-state index is 0.0349. The van der Waals surface area contributed by atoms with Gasteiger partial charge in [-0.15, -0.1) is 11.8 Å². The molecule has 2 bridgehead atoms. The minimum atomic E-state index is -0.812. The number of aliphatic hydroxyl groups excluding tert-OH is 1. The highest BCUT2D eigenvalue weighted by Gasteiger charge is 2.76. The third-order valence-electron chi connectivity index (χ3n) is 9.17. The number of fused-ring (bicyclic) bond motifs is 1. The van der Waals surface area contributed by atoms with Crippen molar-refractivity contribution in [3.05, 3.63) is 48.5 Å². The Morgan fingerprint density at radius 1 is 1.05 bits per heavy atom. The number of carbonyl (C=O) groups excluding carboxylic acids is 3. The van der Waals surface area contributed by atoms with Crippen molar-refractivity contribution in [1.82, 2.24) is 4.90 Å². The Hall–Kier alpha value is -3.24. The van der Waals surface area contributed by atoms with E-state index < -0.39 is 28.7 Å². The number of anilines is 3. The molecule has 7 atom stereocenters. The monoisotopic (exact) mass is 594 g/mol. The molecule has 226 valence electrons. The van der Waals surface area contributed by atoms with E-state index in [1.54, 1.807) is 47.9 Å². The van der Waals surface area contributed by atoms with Crippen molar-refractivity contribution in [2.75, 3.05) is 41.8 Å². The van der Waals surface area contributed by atoms with Gasteiger partial charge in [0.2, 0.25) is 17.7 Å². The Morgan fingerprint density at radius 2 is 1.64 bits per heavy atom. The molecule has 0 saturated carbocycles. The standard InChI is InChI=1S/C32H42N4O5S/c1-6-35(7-2)23-13-9-21(10-14-23)34-30(39)28-32-19(4)17-25(42-32)26(27(32)31(40)36(28)20(5)18-37)29(38)33-22-11-15-24(16-12-22)41-8-3/h9-16,19-20,25-28,37H,6-8,17-18H2,1-5H3,(H,33,38)(H,34,39)/t19?,20-,25+,26-,27+,28?,32?/m1/s1. The van der Waals surface area contributed by atoms with Crippen molar-refractivity contribution in [3.8, 4) is 5.75 Å². The third-order valence-corrected chi connectivity index (χ3v) is 11.2. The van der Waals surface area contributed by atoms with E-state index in [1.807, 2.05) is 31.2 Å². The largest absolute Gasteiger partial charge is 0.494 e. The molecule has 2 aromatic carbocycles. The lowest BCUT2D eigenvalue weighted by Crippen LogP contribution is -2.56. The lowest BCUT2D eigenvalue weighted by atomic mass is 9.66. The molecule has 9 nitrogen and oxygen atoms in total. The van der Waals surface area contributed by atoms with Gasteiger partial charge in [-0.25, -0.2) is 0 Å². The summed E-state index contributed by atoms with van der Waals surface area (Å²) in [5.74, 6) is -1.22. The van der Waals surface area contributed by atoms with E-state index in [-0.39, 0.29) is 35.5 Å². The predicted octanol–water partition coefficient (Wildman–Crippen LogP) is 4.23. The molecule has 3 unspecified atom stereocenters. The van der Waals surface area contributed by atoms with Crippen molar-refractivity contribution in [1.29, 1.82) is 0 Å². The first kappa shape index (κ1) is 30.2. The molecule has 3 N–H and O–H groups in total. The average molecular weight is 595 g/mol. The molecular formula is C32H42N4O5S. The van der Waals surface area contributed by atoms with Gasteiger partial charge in [0.15, 0.2) is 0 Å². The number of likely N-dealkylation sites (tertiary alicyclic amines) is 1. The maximum atomic E-state index is 14.2. The van der Waals surface area contributed by atoms with Gasteiger partial charge in [0, 0.05) is 35.4 Å². The van der Waals surface area contributed by atoms with Crippen molar-refractivity contribution >= 4 is 46.5 Å². The average Bonchev–Trinajstić information content (AvgIpc) is 3.58. The highest BCUT2D eigenvalue weighted by Crippen LogP contribution is 2.68. The van der Waals surface area contributed by atoms with E-state index in [4.69, 9.17) is 4.74 Å². The van der Waals surface area contributed by atoms with Crippen LogP contribution >= 0.6 is 11.8 Å². The number of nitrogens with zero attached hydrogens (tertiary/aromatic N) is 2. The number of amides is 3. The number of thioether (sulfide) groups is 1. The molecule has 3 amide bonds. The smallest absolute Gasteiger partial charge is 0.248 e. The maximum Gasteiger partial charge on any atom is 0.248 e. The second-order valence-corrected chi connectivity index (χ2v) is 13.0. The summed E-state index contributed by atoms with van der Waals surface area (Å²) in [5.41, 5.74) is 2.35. The van der Waals surface area contributed by atoms with E-state index in [2.05, 4.69) is 36.3 Å². The van der Waals surface area contributed by atoms with E-state index in [9.17, 15) is 19.5 Å². The molecule has 42 heavy (non-hydrogen) atoms. The Balaban J connectivity index is 1.43. The Kier molecular flexibility index (Phi) is 8.76. The summed E-state index contributed by atoms with van der Waals surface area (Å²) < 4.78 is 4.74. The fourth-order valence-electron chi connectivity index (χ4n) is 7.20. The van der Waals surface area contributed by atoms with Crippen LogP contribution in [0.15, 0.2) is 48.5 Å². The van der Waals surface area contributed by atoms with Gasteiger partial charge in [-0.3, -0.25) is 14.4 Å². The van der Waals surface area contributed by atoms with Crippen LogP contribution in [-0.2, 0) is 14.4 Å². The Bertz CT molecular complexity index is 1300. The van der Waals surface area contributed by atoms with Gasteiger partial charge in [0.05, 0.1) is 35.8 Å². The van der Waals surface area contributed by atoms with Gasteiger partial charge in [-0.2, -0.15) is 0 Å². The zero-order valence-corrected chi connectivity index (χ0v) is 25.8. The van der Waals surface area contributed by atoms with E-state index in [1.165, 1.54) is 0 Å². The van der Waals surface area contributed by atoms with E-state index in [0.29, 0.717) is 18.0 Å². The highest BCUT2D eigenvalue weighted by molar-refractivity contribution is 8.02. The zero-order valence-electron chi connectivity index (χ0n) is 25.0. The minimum Gasteiger partial charge on any atom is -0.494 e. The second kappa shape index (κ2) is 12.2. The number of nitrogens with one attached hydrogen (secondary N) is 2. The Labute approximate surface area is 252 Å². The fraction of sp³-hybridized carbons (Fsp3) is 0.531. The summed E-state index contributed by atoms with van der Waals surface area (Å²) in [5, 5.41) is 16.1. The summed E-state index contributed by atoms with van der Waals surface area (Å²) >= 11 is 1.62. The second-order valence-electron chi connectivity index (χ2n) is 11.5. The van der Waals surface area contributed by atoms with Gasteiger partial charge in [-0.1, -0.05) is 6.92 Å². The maximum absolute atomic E-state index is 14.2. The molecule has 3 saturated heterocycles. The van der Waals surface area contributed by atoms with Gasteiger partial charge in [0.1, 0.15) is 11.8 Å². The summed E-state index contributed by atoms with van der Waals surface area (Å²) in [6, 6.07) is 13.5. The molecular weight excluding hydrogens is 552 g/mol. The van der Waals surface area contributed by atoms with Crippen LogP contribution in [0.3, 0.4) is 0 Å². The van der Waals surface area contributed by atoms with Crippen LogP contribution < -0.4 is 20.3 Å². The topological polar surface area (TPSA) is 111 Å². The fourth-order valence-corrected chi connectivity index (χ4v) is 9.61. The van der Waals surface area contributed by atoms with Crippen LogP contribution in [0.2, 0.25) is 0 Å². The molecule has 3 aliphatic heterocycles. The number of benzene rings is 2. The number of carbonyl (C=O) groups is 3. The molecule has 0 aliphatic carbocycles. The molecule has 10 heteroatoms. The molecule has 3 aliphatic rings. The van der Waals surface area contributed by atoms with Crippen LogP contribution in [0.5, 0.6) is 5.75 Å². The summed E-state index contributed by atoms with van der Waals surface area (Å²) in [4.78, 5) is 45.8. The van der Waals surface area contributed by atoms with Crippen molar-refractivity contribution in [2.45, 2.75) is 63.1 Å². The van der Waals surface area contributed by atoms with Gasteiger partial charge < -0.3 is 30.3 Å². The predicted molar refractivity (Wildman–Crippen MR) is 167 cm³/mol. The van der Waals surface area contributed by atoms with Crippen LogP contribution in [-0.4, -0.2) is 76.1 Å². The van der Waals surface area contributed by atoms with Crippen LogP contribution in [0.4, 0.5) is 17.1 Å². The number of ether oxygens (including phenoxy) is 1. The lowest BCUT2D eigenvalue weighted by molar-refractivity contribution is -0.140. The van der Waals surface area contributed by atoms with Crippen LogP contribution in [0.25, 0.3) is 0 Å².